The Bertz CT molecular complexity index is 918. The van der Waals surface area contributed by atoms with E-state index in [1.165, 1.54) is 5.56 Å². The van der Waals surface area contributed by atoms with Crippen LogP contribution in [0.4, 0.5) is 11.4 Å². The molecular weight excluding hydrogens is 318 g/mol. The molecule has 1 aliphatic heterocycles. The maximum Gasteiger partial charge on any atom is 0.249 e. The van der Waals surface area contributed by atoms with Crippen molar-refractivity contribution in [3.63, 3.8) is 0 Å². The third-order valence-corrected chi connectivity index (χ3v) is 5.34. The van der Waals surface area contributed by atoms with Crippen LogP contribution in [0.5, 0.6) is 0 Å². The van der Waals surface area contributed by atoms with E-state index in [1.807, 2.05) is 49.1 Å². The van der Waals surface area contributed by atoms with E-state index in [1.54, 1.807) is 11.3 Å². The monoisotopic (exact) mass is 337 g/mol. The number of fused-ring (bicyclic) bond motifs is 2. The molecule has 0 saturated carbocycles. The van der Waals surface area contributed by atoms with Crippen LogP contribution in [-0.2, 0) is 11.2 Å². The Morgan fingerprint density at radius 2 is 2.12 bits per heavy atom. The zero-order valence-corrected chi connectivity index (χ0v) is 14.6. The molecule has 2 aromatic carbocycles. The summed E-state index contributed by atoms with van der Waals surface area (Å²) in [6.07, 6.45) is 0.931. The van der Waals surface area contributed by atoms with Crippen LogP contribution >= 0.6 is 11.3 Å². The highest BCUT2D eigenvalue weighted by atomic mass is 32.1. The summed E-state index contributed by atoms with van der Waals surface area (Å²) in [5, 5.41) is 4.39. The molecule has 1 atom stereocenters. The largest absolute Gasteiger partial charge is 0.374 e. The molecule has 0 saturated heterocycles. The second-order valence-electron chi connectivity index (χ2n) is 6.15. The average Bonchev–Trinajstić information content (AvgIpc) is 3.16. The number of hydrogen-bond donors (Lipinski definition) is 1. The molecule has 1 aliphatic rings. The number of amides is 1. The molecule has 3 aromatic rings. The van der Waals surface area contributed by atoms with Gasteiger partial charge in [-0.2, -0.15) is 0 Å². The molecule has 0 bridgehead atoms. The van der Waals surface area contributed by atoms with E-state index < -0.39 is 0 Å². The van der Waals surface area contributed by atoms with Gasteiger partial charge in [0.2, 0.25) is 5.91 Å². The zero-order valence-electron chi connectivity index (χ0n) is 13.7. The zero-order chi connectivity index (χ0) is 16.7. The number of nitrogens with zero attached hydrogens (tertiary/aromatic N) is 2. The number of thiazole rings is 1. The van der Waals surface area contributed by atoms with E-state index in [4.69, 9.17) is 0 Å². The van der Waals surface area contributed by atoms with Gasteiger partial charge in [0.25, 0.3) is 0 Å². The van der Waals surface area contributed by atoms with Crippen LogP contribution in [0.3, 0.4) is 0 Å². The van der Waals surface area contributed by atoms with Crippen LogP contribution in [0.15, 0.2) is 42.5 Å². The topological polar surface area (TPSA) is 45.2 Å². The van der Waals surface area contributed by atoms with E-state index in [0.29, 0.717) is 0 Å². The fourth-order valence-corrected chi connectivity index (χ4v) is 4.11. The molecule has 1 amide bonds. The van der Waals surface area contributed by atoms with E-state index >= 15 is 0 Å². The van der Waals surface area contributed by atoms with Crippen LogP contribution in [0.1, 0.15) is 17.5 Å². The Balaban J connectivity index is 1.53. The van der Waals surface area contributed by atoms with Crippen molar-refractivity contribution in [2.45, 2.75) is 26.3 Å². The van der Waals surface area contributed by atoms with Gasteiger partial charge in [0.05, 0.1) is 15.2 Å². The Kier molecular flexibility index (Phi) is 3.73. The van der Waals surface area contributed by atoms with Crippen LogP contribution in [0, 0.1) is 6.92 Å². The number of benzene rings is 2. The average molecular weight is 337 g/mol. The second kappa shape index (κ2) is 5.91. The summed E-state index contributed by atoms with van der Waals surface area (Å²) in [5.74, 6) is 0.112. The number of nitrogens with one attached hydrogen (secondary N) is 1. The predicted molar refractivity (Wildman–Crippen MR) is 99.9 cm³/mol. The van der Waals surface area contributed by atoms with E-state index in [9.17, 15) is 4.79 Å². The molecule has 0 radical (unpaired) electrons. The summed E-state index contributed by atoms with van der Waals surface area (Å²) < 4.78 is 1.14. The number of carbonyl (C=O) groups excluding carboxylic acids is 1. The van der Waals surface area contributed by atoms with Crippen molar-refractivity contribution < 1.29 is 4.79 Å². The molecule has 0 unspecified atom stereocenters. The molecule has 5 heteroatoms. The fraction of sp³-hybridized carbons (Fsp3) is 0.263. The molecule has 2 heterocycles. The third-order valence-electron chi connectivity index (χ3n) is 4.40. The van der Waals surface area contributed by atoms with Gasteiger partial charge in [-0.05, 0) is 50.1 Å². The number of anilines is 2. The lowest BCUT2D eigenvalue weighted by molar-refractivity contribution is -0.118. The minimum absolute atomic E-state index is 0.112. The predicted octanol–water partition coefficient (Wildman–Crippen LogP) is 3.99. The summed E-state index contributed by atoms with van der Waals surface area (Å²) in [4.78, 5) is 19.2. The molecule has 0 fully saturated rings. The molecule has 1 N–H and O–H groups in total. The van der Waals surface area contributed by atoms with Crippen molar-refractivity contribution in [3.8, 4) is 0 Å². The summed E-state index contributed by atoms with van der Waals surface area (Å²) in [7, 11) is 0. The highest BCUT2D eigenvalue weighted by Gasteiger charge is 2.27. The van der Waals surface area contributed by atoms with Crippen molar-refractivity contribution in [2.75, 3.05) is 16.8 Å². The van der Waals surface area contributed by atoms with Crippen LogP contribution in [0.2, 0.25) is 0 Å². The molecule has 4 rings (SSSR count). The first-order chi connectivity index (χ1) is 11.6. The Morgan fingerprint density at radius 3 is 3.00 bits per heavy atom. The van der Waals surface area contributed by atoms with Gasteiger partial charge in [-0.1, -0.05) is 18.2 Å². The quantitative estimate of drug-likeness (QED) is 0.786. The Labute approximate surface area is 145 Å². The van der Waals surface area contributed by atoms with E-state index in [2.05, 4.69) is 22.4 Å². The van der Waals surface area contributed by atoms with Gasteiger partial charge in [-0.3, -0.25) is 4.79 Å². The highest BCUT2D eigenvalue weighted by Crippen LogP contribution is 2.29. The van der Waals surface area contributed by atoms with Gasteiger partial charge in [-0.15, -0.1) is 11.3 Å². The third kappa shape index (κ3) is 2.65. The van der Waals surface area contributed by atoms with Gasteiger partial charge < -0.3 is 10.2 Å². The van der Waals surface area contributed by atoms with Crippen molar-refractivity contribution in [2.24, 2.45) is 0 Å². The Morgan fingerprint density at radius 1 is 1.29 bits per heavy atom. The normalized spacial score (nSPS) is 14.7. The molecule has 1 aromatic heterocycles. The molecule has 24 heavy (non-hydrogen) atoms. The van der Waals surface area contributed by atoms with Gasteiger partial charge in [0.15, 0.2) is 0 Å². The molecule has 4 nitrogen and oxygen atoms in total. The molecule has 122 valence electrons. The maximum atomic E-state index is 12.8. The van der Waals surface area contributed by atoms with Gasteiger partial charge in [-0.25, -0.2) is 4.98 Å². The minimum atomic E-state index is -0.275. The number of rotatable bonds is 3. The number of hydrogen-bond acceptors (Lipinski definition) is 4. The van der Waals surface area contributed by atoms with E-state index in [0.717, 1.165) is 39.6 Å². The fourth-order valence-electron chi connectivity index (χ4n) is 3.24. The van der Waals surface area contributed by atoms with E-state index in [-0.39, 0.29) is 11.9 Å². The van der Waals surface area contributed by atoms with Crippen LogP contribution < -0.4 is 10.2 Å². The standard InChI is InChI=1S/C19H19N3OS/c1-12(19(23)22-10-9-14-5-3-4-6-17(14)22)20-15-7-8-16-18(11-15)24-13(2)21-16/h3-8,11-12,20H,9-10H2,1-2H3/t12-/m0/s1. The lowest BCUT2D eigenvalue weighted by atomic mass is 10.2. The van der Waals surface area contributed by atoms with Crippen LogP contribution in [0.25, 0.3) is 10.2 Å². The van der Waals surface area contributed by atoms with Gasteiger partial charge >= 0.3 is 0 Å². The minimum Gasteiger partial charge on any atom is -0.374 e. The van der Waals surface area contributed by atoms with Gasteiger partial charge in [0, 0.05) is 17.9 Å². The van der Waals surface area contributed by atoms with Crippen molar-refractivity contribution >= 4 is 38.8 Å². The SMILES string of the molecule is Cc1nc2ccc(N[C@@H](C)C(=O)N3CCc4ccccc43)cc2s1. The first kappa shape index (κ1) is 15.1. The summed E-state index contributed by atoms with van der Waals surface area (Å²) in [6.45, 7) is 4.69. The highest BCUT2D eigenvalue weighted by molar-refractivity contribution is 7.18. The number of carbonyl (C=O) groups is 1. The first-order valence-electron chi connectivity index (χ1n) is 8.15. The lowest BCUT2D eigenvalue weighted by Gasteiger charge is -2.23. The summed E-state index contributed by atoms with van der Waals surface area (Å²) >= 11 is 1.67. The second-order valence-corrected chi connectivity index (χ2v) is 7.38. The van der Waals surface area contributed by atoms with Crippen molar-refractivity contribution in [1.29, 1.82) is 0 Å². The number of para-hydroxylation sites is 1. The molecule has 0 aliphatic carbocycles. The lowest BCUT2D eigenvalue weighted by Crippen LogP contribution is -2.40. The number of aromatic nitrogens is 1. The maximum absolute atomic E-state index is 12.8. The smallest absolute Gasteiger partial charge is 0.249 e. The van der Waals surface area contributed by atoms with Crippen molar-refractivity contribution in [1.82, 2.24) is 4.98 Å². The van der Waals surface area contributed by atoms with Gasteiger partial charge in [0.1, 0.15) is 6.04 Å². The van der Waals surface area contributed by atoms with Crippen LogP contribution in [-0.4, -0.2) is 23.5 Å². The van der Waals surface area contributed by atoms with Crippen molar-refractivity contribution in [3.05, 3.63) is 53.0 Å². The number of aryl methyl sites for hydroxylation is 1. The Hall–Kier alpha value is -2.40. The molecule has 0 spiro atoms. The summed E-state index contributed by atoms with van der Waals surface area (Å²) in [5.41, 5.74) is 4.26. The first-order valence-corrected chi connectivity index (χ1v) is 8.96. The molecular formula is C19H19N3OS. The summed E-state index contributed by atoms with van der Waals surface area (Å²) in [6, 6.07) is 13.9.